The van der Waals surface area contributed by atoms with Crippen LogP contribution in [0.1, 0.15) is 13.3 Å². The molecule has 2 aliphatic rings. The number of benzene rings is 1. The highest BCUT2D eigenvalue weighted by Crippen LogP contribution is 2.34. The van der Waals surface area contributed by atoms with Crippen LogP contribution in [0.4, 0.5) is 5.69 Å². The molecule has 3 rings (SSSR count). The molecule has 25 heavy (non-hydrogen) atoms. The first kappa shape index (κ1) is 17.4. The maximum Gasteiger partial charge on any atom is 0.329 e. The maximum atomic E-state index is 12.2. The van der Waals surface area contributed by atoms with Crippen molar-refractivity contribution >= 4 is 35.2 Å². The van der Waals surface area contributed by atoms with Gasteiger partial charge in [-0.3, -0.25) is 9.59 Å². The molecule has 9 heteroatoms. The van der Waals surface area contributed by atoms with E-state index in [9.17, 15) is 14.4 Å². The highest BCUT2D eigenvalue weighted by Gasteiger charge is 2.34. The second-order valence-electron chi connectivity index (χ2n) is 5.46. The number of hydrogen-bond acceptors (Lipinski definition) is 7. The number of carbonyl (C=O) groups is 3. The van der Waals surface area contributed by atoms with Crippen LogP contribution < -0.4 is 20.1 Å². The molecule has 0 radical (unpaired) electrons. The molecule has 2 atom stereocenters. The van der Waals surface area contributed by atoms with Crippen molar-refractivity contribution in [3.8, 4) is 11.5 Å². The van der Waals surface area contributed by atoms with Gasteiger partial charge in [0, 0.05) is 23.9 Å². The van der Waals surface area contributed by atoms with E-state index >= 15 is 0 Å². The van der Waals surface area contributed by atoms with Gasteiger partial charge >= 0.3 is 5.97 Å². The first-order valence-electron chi connectivity index (χ1n) is 7.85. The van der Waals surface area contributed by atoms with Crippen LogP contribution in [0.3, 0.4) is 0 Å². The molecule has 0 spiro atoms. The van der Waals surface area contributed by atoms with Crippen LogP contribution in [0.2, 0.25) is 0 Å². The highest BCUT2D eigenvalue weighted by atomic mass is 32.2. The number of amides is 2. The smallest absolute Gasteiger partial charge is 0.329 e. The number of anilines is 1. The summed E-state index contributed by atoms with van der Waals surface area (Å²) in [5, 5.41) is 4.80. The van der Waals surface area contributed by atoms with Crippen molar-refractivity contribution < 1.29 is 28.6 Å². The minimum Gasteiger partial charge on any atom is -0.464 e. The van der Waals surface area contributed by atoms with Crippen LogP contribution in [0, 0.1) is 0 Å². The SMILES string of the molecule is CCOC(=O)[C@H]1CS[C@H](CC(=O)Nc2ccc3c(c2)OCO3)C(=O)N1. The summed E-state index contributed by atoms with van der Waals surface area (Å²) in [5.41, 5.74) is 0.569. The maximum absolute atomic E-state index is 12.2. The number of esters is 1. The van der Waals surface area contributed by atoms with Crippen molar-refractivity contribution in [2.45, 2.75) is 24.6 Å². The molecular weight excluding hydrogens is 348 g/mol. The van der Waals surface area contributed by atoms with Gasteiger partial charge in [0.15, 0.2) is 11.5 Å². The zero-order valence-corrected chi connectivity index (χ0v) is 14.4. The Morgan fingerprint density at radius 1 is 1.36 bits per heavy atom. The second-order valence-corrected chi connectivity index (χ2v) is 6.69. The number of ether oxygens (including phenoxy) is 3. The van der Waals surface area contributed by atoms with Gasteiger partial charge < -0.3 is 24.8 Å². The zero-order chi connectivity index (χ0) is 17.8. The van der Waals surface area contributed by atoms with Crippen LogP contribution in [-0.2, 0) is 19.1 Å². The number of fused-ring (bicyclic) bond motifs is 1. The molecule has 0 aromatic heterocycles. The molecule has 1 aromatic carbocycles. The molecule has 0 aliphatic carbocycles. The van der Waals surface area contributed by atoms with E-state index in [1.165, 1.54) is 11.8 Å². The lowest BCUT2D eigenvalue weighted by atomic mass is 10.2. The molecule has 0 bridgehead atoms. The van der Waals surface area contributed by atoms with Gasteiger partial charge in [0.1, 0.15) is 6.04 Å². The lowest BCUT2D eigenvalue weighted by molar-refractivity contribution is -0.146. The van der Waals surface area contributed by atoms with Crippen LogP contribution in [0.25, 0.3) is 0 Å². The van der Waals surface area contributed by atoms with E-state index in [0.717, 1.165) is 0 Å². The topological polar surface area (TPSA) is 103 Å². The van der Waals surface area contributed by atoms with Crippen molar-refractivity contribution in [3.63, 3.8) is 0 Å². The van der Waals surface area contributed by atoms with Gasteiger partial charge in [0.2, 0.25) is 18.6 Å². The van der Waals surface area contributed by atoms with E-state index in [1.807, 2.05) is 0 Å². The first-order chi connectivity index (χ1) is 12.1. The normalized spacial score (nSPS) is 21.4. The lowest BCUT2D eigenvalue weighted by Gasteiger charge is -2.27. The first-order valence-corrected chi connectivity index (χ1v) is 8.90. The summed E-state index contributed by atoms with van der Waals surface area (Å²) in [6, 6.07) is 4.43. The van der Waals surface area contributed by atoms with E-state index in [0.29, 0.717) is 22.9 Å². The third-order valence-corrected chi connectivity index (χ3v) is 4.98. The average Bonchev–Trinajstić information content (AvgIpc) is 3.04. The third kappa shape index (κ3) is 4.16. The Kier molecular flexibility index (Phi) is 5.32. The van der Waals surface area contributed by atoms with Crippen molar-refractivity contribution in [2.75, 3.05) is 24.5 Å². The Labute approximate surface area is 148 Å². The lowest BCUT2D eigenvalue weighted by Crippen LogP contribution is -2.51. The molecule has 134 valence electrons. The fourth-order valence-electron chi connectivity index (χ4n) is 2.47. The highest BCUT2D eigenvalue weighted by molar-refractivity contribution is 8.00. The monoisotopic (exact) mass is 366 g/mol. The molecule has 2 heterocycles. The second kappa shape index (κ2) is 7.64. The Balaban J connectivity index is 1.52. The van der Waals surface area contributed by atoms with E-state index < -0.39 is 17.3 Å². The van der Waals surface area contributed by atoms with Crippen LogP contribution in [0.5, 0.6) is 11.5 Å². The van der Waals surface area contributed by atoms with Crippen LogP contribution >= 0.6 is 11.8 Å². The summed E-state index contributed by atoms with van der Waals surface area (Å²) < 4.78 is 15.4. The fourth-order valence-corrected chi connectivity index (χ4v) is 3.60. The van der Waals surface area contributed by atoms with Crippen LogP contribution in [0.15, 0.2) is 18.2 Å². The van der Waals surface area contributed by atoms with E-state index in [1.54, 1.807) is 25.1 Å². The largest absolute Gasteiger partial charge is 0.464 e. The summed E-state index contributed by atoms with van der Waals surface area (Å²) in [6.45, 7) is 2.13. The van der Waals surface area contributed by atoms with Crippen molar-refractivity contribution in [3.05, 3.63) is 18.2 Å². The van der Waals surface area contributed by atoms with Gasteiger partial charge in [-0.15, -0.1) is 11.8 Å². The van der Waals surface area contributed by atoms with E-state index in [4.69, 9.17) is 14.2 Å². The van der Waals surface area contributed by atoms with E-state index in [2.05, 4.69) is 10.6 Å². The third-order valence-electron chi connectivity index (χ3n) is 3.67. The summed E-state index contributed by atoms with van der Waals surface area (Å²) in [5.74, 6) is 0.500. The van der Waals surface area contributed by atoms with Gasteiger partial charge in [-0.05, 0) is 19.1 Å². The number of nitrogens with one attached hydrogen (secondary N) is 2. The quantitative estimate of drug-likeness (QED) is 0.747. The minimum absolute atomic E-state index is 0.0144. The standard InChI is InChI=1S/C16H18N2O6S/c1-2-22-16(21)10-7-25-13(15(20)18-10)6-14(19)17-9-3-4-11-12(5-9)24-8-23-11/h3-5,10,13H,2,6-8H2,1H3,(H,17,19)(H,18,20)/t10-,13-/m1/s1. The number of carbonyl (C=O) groups excluding carboxylic acids is 3. The molecule has 1 fully saturated rings. The van der Waals surface area contributed by atoms with Gasteiger partial charge in [0.25, 0.3) is 0 Å². The molecule has 2 amide bonds. The predicted molar refractivity (Wildman–Crippen MR) is 90.6 cm³/mol. The van der Waals surface area contributed by atoms with Gasteiger partial charge in [-0.2, -0.15) is 0 Å². The molecular formula is C16H18N2O6S. The van der Waals surface area contributed by atoms with Crippen molar-refractivity contribution in [2.24, 2.45) is 0 Å². The summed E-state index contributed by atoms with van der Waals surface area (Å²) in [7, 11) is 0. The molecule has 0 unspecified atom stereocenters. The summed E-state index contributed by atoms with van der Waals surface area (Å²) >= 11 is 1.27. The fraction of sp³-hybridized carbons (Fsp3) is 0.438. The predicted octanol–water partition coefficient (Wildman–Crippen LogP) is 0.907. The Hall–Kier alpha value is -2.42. The summed E-state index contributed by atoms with van der Waals surface area (Å²) in [4.78, 5) is 35.9. The van der Waals surface area contributed by atoms with E-state index in [-0.39, 0.29) is 31.6 Å². The summed E-state index contributed by atoms with van der Waals surface area (Å²) in [6.07, 6.45) is 0.0144. The zero-order valence-electron chi connectivity index (χ0n) is 13.6. The van der Waals surface area contributed by atoms with Crippen LogP contribution in [-0.4, -0.2) is 48.2 Å². The Morgan fingerprint density at radius 2 is 2.16 bits per heavy atom. The number of thioether (sulfide) groups is 1. The van der Waals surface area contributed by atoms with Gasteiger partial charge in [-0.1, -0.05) is 0 Å². The Morgan fingerprint density at radius 3 is 2.92 bits per heavy atom. The number of hydrogen-bond donors (Lipinski definition) is 2. The number of rotatable bonds is 5. The van der Waals surface area contributed by atoms with Gasteiger partial charge in [0.05, 0.1) is 11.9 Å². The molecule has 2 aliphatic heterocycles. The average molecular weight is 366 g/mol. The van der Waals surface area contributed by atoms with Gasteiger partial charge in [-0.25, -0.2) is 4.79 Å². The Bertz CT molecular complexity index is 695. The van der Waals surface area contributed by atoms with Crippen molar-refractivity contribution in [1.82, 2.24) is 5.32 Å². The van der Waals surface area contributed by atoms with Crippen molar-refractivity contribution in [1.29, 1.82) is 0 Å². The molecule has 0 saturated carbocycles. The minimum atomic E-state index is -0.661. The molecule has 8 nitrogen and oxygen atoms in total. The molecule has 1 aromatic rings. The molecule has 1 saturated heterocycles. The molecule has 2 N–H and O–H groups in total.